The summed E-state index contributed by atoms with van der Waals surface area (Å²) in [6, 6.07) is 7.45. The van der Waals surface area contributed by atoms with Gasteiger partial charge in [0.05, 0.1) is 6.61 Å². The summed E-state index contributed by atoms with van der Waals surface area (Å²) in [5, 5.41) is 5.52. The number of hydrogen-bond acceptors (Lipinski definition) is 4. The molecule has 0 heterocycles. The van der Waals surface area contributed by atoms with Gasteiger partial charge in [0, 0.05) is 12.2 Å². The molecule has 1 aromatic rings. The fourth-order valence-electron chi connectivity index (χ4n) is 1.29. The van der Waals surface area contributed by atoms with E-state index in [1.165, 1.54) is 0 Å². The zero-order valence-corrected chi connectivity index (χ0v) is 9.73. The third-order valence-corrected chi connectivity index (χ3v) is 2.09. The van der Waals surface area contributed by atoms with Crippen LogP contribution in [-0.4, -0.2) is 25.5 Å². The van der Waals surface area contributed by atoms with E-state index in [1.807, 2.05) is 24.3 Å². The molecule has 5 nitrogen and oxygen atoms in total. The van der Waals surface area contributed by atoms with Gasteiger partial charge >= 0.3 is 5.97 Å². The first kappa shape index (κ1) is 13.0. The van der Waals surface area contributed by atoms with E-state index in [4.69, 9.17) is 4.74 Å². The molecule has 5 heteroatoms. The lowest BCUT2D eigenvalue weighted by Crippen LogP contribution is -2.16. The molecule has 0 fully saturated rings. The van der Waals surface area contributed by atoms with Crippen LogP contribution in [-0.2, 0) is 20.9 Å². The molecule has 0 aliphatic heterocycles. The average Bonchev–Trinajstić information content (AvgIpc) is 2.35. The lowest BCUT2D eigenvalue weighted by atomic mass is 10.2. The fourth-order valence-corrected chi connectivity index (χ4v) is 1.29. The van der Waals surface area contributed by atoms with Gasteiger partial charge in [0.1, 0.15) is 6.54 Å². The van der Waals surface area contributed by atoms with Crippen molar-refractivity contribution in [3.63, 3.8) is 0 Å². The summed E-state index contributed by atoms with van der Waals surface area (Å²) in [6.45, 7) is 2.81. The highest BCUT2D eigenvalue weighted by molar-refractivity contribution is 5.74. The highest BCUT2D eigenvalue weighted by atomic mass is 16.5. The Labute approximate surface area is 100 Å². The Morgan fingerprint density at radius 1 is 1.35 bits per heavy atom. The molecule has 0 unspecified atom stereocenters. The third kappa shape index (κ3) is 5.01. The minimum Gasteiger partial charge on any atom is -0.465 e. The molecule has 0 aliphatic rings. The number of amides is 1. The van der Waals surface area contributed by atoms with E-state index in [2.05, 4.69) is 10.6 Å². The van der Waals surface area contributed by atoms with Gasteiger partial charge in [-0.25, -0.2) is 0 Å². The molecule has 92 valence electrons. The Morgan fingerprint density at radius 3 is 2.65 bits per heavy atom. The molecule has 0 aromatic heterocycles. The Balaban J connectivity index is 2.39. The van der Waals surface area contributed by atoms with Crippen molar-refractivity contribution in [2.75, 3.05) is 18.5 Å². The van der Waals surface area contributed by atoms with Gasteiger partial charge in [-0.05, 0) is 24.6 Å². The number of anilines is 1. The second kappa shape index (κ2) is 7.27. The van der Waals surface area contributed by atoms with Gasteiger partial charge in [-0.2, -0.15) is 0 Å². The van der Waals surface area contributed by atoms with Crippen LogP contribution in [0.4, 0.5) is 5.69 Å². The van der Waals surface area contributed by atoms with Crippen molar-refractivity contribution in [3.8, 4) is 0 Å². The van der Waals surface area contributed by atoms with Crippen LogP contribution in [0.5, 0.6) is 0 Å². The first-order valence-electron chi connectivity index (χ1n) is 5.41. The molecule has 1 aromatic carbocycles. The molecule has 2 N–H and O–H groups in total. The third-order valence-electron chi connectivity index (χ3n) is 2.09. The molecule has 0 saturated heterocycles. The van der Waals surface area contributed by atoms with Crippen molar-refractivity contribution >= 4 is 18.1 Å². The van der Waals surface area contributed by atoms with Gasteiger partial charge in [0.15, 0.2) is 0 Å². The number of nitrogens with one attached hydrogen (secondary N) is 2. The molecule has 0 spiro atoms. The van der Waals surface area contributed by atoms with Gasteiger partial charge in [0.25, 0.3) is 0 Å². The molecule has 0 atom stereocenters. The Hall–Kier alpha value is -2.04. The quantitative estimate of drug-likeness (QED) is 0.545. The summed E-state index contributed by atoms with van der Waals surface area (Å²) in [4.78, 5) is 21.2. The van der Waals surface area contributed by atoms with Crippen molar-refractivity contribution in [1.29, 1.82) is 0 Å². The zero-order chi connectivity index (χ0) is 12.5. The molecule has 0 bridgehead atoms. The van der Waals surface area contributed by atoms with Gasteiger partial charge in [-0.1, -0.05) is 12.1 Å². The predicted molar refractivity (Wildman–Crippen MR) is 64.5 cm³/mol. The number of carbonyl (C=O) groups excluding carboxylic acids is 2. The summed E-state index contributed by atoms with van der Waals surface area (Å²) >= 11 is 0. The first-order valence-corrected chi connectivity index (χ1v) is 5.41. The maximum Gasteiger partial charge on any atom is 0.325 e. The summed E-state index contributed by atoms with van der Waals surface area (Å²) in [7, 11) is 0. The molecule has 0 saturated carbocycles. The van der Waals surface area contributed by atoms with E-state index >= 15 is 0 Å². The van der Waals surface area contributed by atoms with Crippen LogP contribution >= 0.6 is 0 Å². The number of carbonyl (C=O) groups is 2. The van der Waals surface area contributed by atoms with Crippen molar-refractivity contribution in [2.45, 2.75) is 13.5 Å². The molecule has 1 rings (SSSR count). The Bertz CT molecular complexity index is 363. The van der Waals surface area contributed by atoms with E-state index in [0.29, 0.717) is 19.6 Å². The predicted octanol–water partition coefficient (Wildman–Crippen LogP) is 0.908. The highest BCUT2D eigenvalue weighted by Gasteiger charge is 2.00. The van der Waals surface area contributed by atoms with E-state index in [0.717, 1.165) is 11.3 Å². The maximum absolute atomic E-state index is 11.1. The van der Waals surface area contributed by atoms with Gasteiger partial charge in [0.2, 0.25) is 6.41 Å². The monoisotopic (exact) mass is 236 g/mol. The summed E-state index contributed by atoms with van der Waals surface area (Å²) < 4.78 is 4.79. The minimum atomic E-state index is -0.279. The van der Waals surface area contributed by atoms with E-state index < -0.39 is 0 Å². The second-order valence-electron chi connectivity index (χ2n) is 3.35. The van der Waals surface area contributed by atoms with Crippen molar-refractivity contribution in [2.24, 2.45) is 0 Å². The SMILES string of the molecule is CCOC(=O)CNc1ccc(CNC=O)cc1. The fraction of sp³-hybridized carbons (Fsp3) is 0.333. The van der Waals surface area contributed by atoms with Crippen molar-refractivity contribution in [3.05, 3.63) is 29.8 Å². The Morgan fingerprint density at radius 2 is 2.06 bits per heavy atom. The molecular formula is C12H16N2O3. The van der Waals surface area contributed by atoms with Crippen LogP contribution in [0.2, 0.25) is 0 Å². The number of esters is 1. The molecule has 17 heavy (non-hydrogen) atoms. The minimum absolute atomic E-state index is 0.153. The molecule has 0 aliphatic carbocycles. The average molecular weight is 236 g/mol. The first-order chi connectivity index (χ1) is 8.26. The number of benzene rings is 1. The summed E-state index contributed by atoms with van der Waals surface area (Å²) in [5.41, 5.74) is 1.84. The van der Waals surface area contributed by atoms with Crippen LogP contribution in [0.25, 0.3) is 0 Å². The summed E-state index contributed by atoms with van der Waals surface area (Å²) in [5.74, 6) is -0.279. The second-order valence-corrected chi connectivity index (χ2v) is 3.35. The topological polar surface area (TPSA) is 67.4 Å². The highest BCUT2D eigenvalue weighted by Crippen LogP contribution is 2.08. The van der Waals surface area contributed by atoms with Crippen LogP contribution in [0, 0.1) is 0 Å². The van der Waals surface area contributed by atoms with Crippen LogP contribution in [0.1, 0.15) is 12.5 Å². The summed E-state index contributed by atoms with van der Waals surface area (Å²) in [6.07, 6.45) is 0.660. The smallest absolute Gasteiger partial charge is 0.325 e. The number of ether oxygens (including phenoxy) is 1. The lowest BCUT2D eigenvalue weighted by Gasteiger charge is -2.07. The molecule has 1 amide bonds. The Kier molecular flexibility index (Phi) is 5.57. The normalized spacial score (nSPS) is 9.47. The number of hydrogen-bond donors (Lipinski definition) is 2. The maximum atomic E-state index is 11.1. The van der Waals surface area contributed by atoms with Crippen LogP contribution < -0.4 is 10.6 Å². The largest absolute Gasteiger partial charge is 0.465 e. The van der Waals surface area contributed by atoms with Gasteiger partial charge in [-0.3, -0.25) is 9.59 Å². The van der Waals surface area contributed by atoms with Crippen molar-refractivity contribution < 1.29 is 14.3 Å². The number of rotatable bonds is 7. The van der Waals surface area contributed by atoms with Gasteiger partial charge < -0.3 is 15.4 Å². The zero-order valence-electron chi connectivity index (χ0n) is 9.73. The molecule has 0 radical (unpaired) electrons. The van der Waals surface area contributed by atoms with Gasteiger partial charge in [-0.15, -0.1) is 0 Å². The van der Waals surface area contributed by atoms with Crippen LogP contribution in [0.3, 0.4) is 0 Å². The van der Waals surface area contributed by atoms with Crippen LogP contribution in [0.15, 0.2) is 24.3 Å². The van der Waals surface area contributed by atoms with E-state index in [-0.39, 0.29) is 12.5 Å². The molecular weight excluding hydrogens is 220 g/mol. The van der Waals surface area contributed by atoms with Crippen molar-refractivity contribution in [1.82, 2.24) is 5.32 Å². The lowest BCUT2D eigenvalue weighted by molar-refractivity contribution is -0.140. The standard InChI is InChI=1S/C12H16N2O3/c1-2-17-12(16)8-14-11-5-3-10(4-6-11)7-13-9-15/h3-6,9,14H,2,7-8H2,1H3,(H,13,15). The van der Waals surface area contributed by atoms with E-state index in [1.54, 1.807) is 6.92 Å². The van der Waals surface area contributed by atoms with E-state index in [9.17, 15) is 9.59 Å².